The van der Waals surface area contributed by atoms with Crippen molar-refractivity contribution in [1.82, 2.24) is 9.97 Å². The van der Waals surface area contributed by atoms with Crippen LogP contribution in [0.25, 0.3) is 0 Å². The van der Waals surface area contributed by atoms with E-state index in [-0.39, 0.29) is 0 Å². The van der Waals surface area contributed by atoms with Crippen LogP contribution in [0.4, 0.5) is 11.6 Å². The van der Waals surface area contributed by atoms with Crippen LogP contribution in [-0.2, 0) is 0 Å². The summed E-state index contributed by atoms with van der Waals surface area (Å²) in [6.07, 6.45) is 3.86. The summed E-state index contributed by atoms with van der Waals surface area (Å²) in [5, 5.41) is 3.27. The predicted octanol–water partition coefficient (Wildman–Crippen LogP) is 2.84. The molecule has 0 saturated carbocycles. The molecule has 0 radical (unpaired) electrons. The van der Waals surface area contributed by atoms with Crippen molar-refractivity contribution >= 4 is 11.6 Å². The van der Waals surface area contributed by atoms with Gasteiger partial charge in [0.15, 0.2) is 0 Å². The maximum Gasteiger partial charge on any atom is 0.134 e. The van der Waals surface area contributed by atoms with Crippen molar-refractivity contribution in [3.8, 4) is 0 Å². The minimum Gasteiger partial charge on any atom is -0.370 e. The number of anilines is 2. The number of hydrogen-bond donors (Lipinski definition) is 1. The summed E-state index contributed by atoms with van der Waals surface area (Å²) in [5.74, 6) is 3.71. The second-order valence-electron chi connectivity index (χ2n) is 5.21. The number of hydrogen-bond acceptors (Lipinski definition) is 4. The summed E-state index contributed by atoms with van der Waals surface area (Å²) in [7, 11) is 0. The Labute approximate surface area is 110 Å². The van der Waals surface area contributed by atoms with Crippen molar-refractivity contribution in [3.05, 3.63) is 11.9 Å². The van der Waals surface area contributed by atoms with Gasteiger partial charge in [-0.3, -0.25) is 0 Å². The van der Waals surface area contributed by atoms with Gasteiger partial charge in [0, 0.05) is 25.7 Å². The first-order valence-electron chi connectivity index (χ1n) is 7.03. The average molecular weight is 248 g/mol. The molecule has 1 N–H and O–H groups in total. The van der Waals surface area contributed by atoms with Gasteiger partial charge in [-0.05, 0) is 39.0 Å². The van der Waals surface area contributed by atoms with Gasteiger partial charge in [0.2, 0.25) is 0 Å². The van der Waals surface area contributed by atoms with Crippen LogP contribution in [0.2, 0.25) is 0 Å². The average Bonchev–Trinajstić information content (AvgIpc) is 2.54. The Morgan fingerprint density at radius 2 is 2.17 bits per heavy atom. The molecule has 1 unspecified atom stereocenters. The molecule has 0 aromatic carbocycles. The van der Waals surface area contributed by atoms with Gasteiger partial charge in [-0.25, -0.2) is 9.97 Å². The Balaban J connectivity index is 2.15. The minimum absolute atomic E-state index is 0.839. The van der Waals surface area contributed by atoms with E-state index < -0.39 is 0 Å². The molecule has 0 amide bonds. The summed E-state index contributed by atoms with van der Waals surface area (Å²) in [4.78, 5) is 11.4. The zero-order valence-corrected chi connectivity index (χ0v) is 11.7. The lowest BCUT2D eigenvalue weighted by atomic mass is 10.0. The third kappa shape index (κ3) is 3.34. The van der Waals surface area contributed by atoms with Crippen molar-refractivity contribution in [3.63, 3.8) is 0 Å². The van der Waals surface area contributed by atoms with E-state index in [2.05, 4.69) is 40.1 Å². The fourth-order valence-corrected chi connectivity index (χ4v) is 2.48. The van der Waals surface area contributed by atoms with Crippen LogP contribution < -0.4 is 10.2 Å². The van der Waals surface area contributed by atoms with Crippen LogP contribution in [0, 0.1) is 12.8 Å². The van der Waals surface area contributed by atoms with Crippen LogP contribution in [0.3, 0.4) is 0 Å². The van der Waals surface area contributed by atoms with E-state index in [1.807, 2.05) is 6.92 Å². The molecular weight excluding hydrogens is 224 g/mol. The van der Waals surface area contributed by atoms with E-state index in [4.69, 9.17) is 0 Å². The molecule has 4 heteroatoms. The Kier molecular flexibility index (Phi) is 4.39. The largest absolute Gasteiger partial charge is 0.370 e. The van der Waals surface area contributed by atoms with E-state index in [0.29, 0.717) is 0 Å². The zero-order chi connectivity index (χ0) is 13.0. The Morgan fingerprint density at radius 3 is 2.94 bits per heavy atom. The Morgan fingerprint density at radius 1 is 1.33 bits per heavy atom. The van der Waals surface area contributed by atoms with Gasteiger partial charge in [0.1, 0.15) is 17.5 Å². The third-order valence-electron chi connectivity index (χ3n) is 3.52. The molecule has 18 heavy (non-hydrogen) atoms. The van der Waals surface area contributed by atoms with Crippen molar-refractivity contribution in [2.45, 2.75) is 40.0 Å². The maximum absolute atomic E-state index is 4.58. The molecular formula is C14H24N4. The van der Waals surface area contributed by atoms with E-state index in [0.717, 1.165) is 43.0 Å². The molecule has 1 fully saturated rings. The molecule has 0 spiro atoms. The molecule has 100 valence electrons. The standard InChI is InChI=1S/C14H24N4/c1-4-15-13-10-14(17-12(3)16-13)18-8-5-6-11(2)7-9-18/h10-11H,4-9H2,1-3H3,(H,15,16,17). The van der Waals surface area contributed by atoms with Crippen LogP contribution in [-0.4, -0.2) is 29.6 Å². The van der Waals surface area contributed by atoms with Crippen LogP contribution in [0.5, 0.6) is 0 Å². The van der Waals surface area contributed by atoms with Gasteiger partial charge in [0.05, 0.1) is 0 Å². The molecule has 0 bridgehead atoms. The number of nitrogens with zero attached hydrogens (tertiary/aromatic N) is 3. The topological polar surface area (TPSA) is 41.0 Å². The summed E-state index contributed by atoms with van der Waals surface area (Å²) >= 11 is 0. The predicted molar refractivity (Wildman–Crippen MR) is 76.2 cm³/mol. The first kappa shape index (κ1) is 13.1. The number of rotatable bonds is 3. The quantitative estimate of drug-likeness (QED) is 0.893. The normalized spacial score (nSPS) is 20.6. The lowest BCUT2D eigenvalue weighted by Gasteiger charge is -2.22. The fraction of sp³-hybridized carbons (Fsp3) is 0.714. The molecule has 1 aliphatic heterocycles. The van der Waals surface area contributed by atoms with Gasteiger partial charge >= 0.3 is 0 Å². The summed E-state index contributed by atoms with van der Waals surface area (Å²) < 4.78 is 0. The maximum atomic E-state index is 4.58. The van der Waals surface area contributed by atoms with Crippen LogP contribution >= 0.6 is 0 Å². The van der Waals surface area contributed by atoms with E-state index >= 15 is 0 Å². The second kappa shape index (κ2) is 6.03. The lowest BCUT2D eigenvalue weighted by molar-refractivity contribution is 0.521. The molecule has 1 aromatic rings. The van der Waals surface area contributed by atoms with E-state index in [1.165, 1.54) is 19.3 Å². The SMILES string of the molecule is CCNc1cc(N2CCCC(C)CC2)nc(C)n1. The summed E-state index contributed by atoms with van der Waals surface area (Å²) in [6.45, 7) is 9.52. The number of aromatic nitrogens is 2. The molecule has 1 saturated heterocycles. The summed E-state index contributed by atoms with van der Waals surface area (Å²) in [6, 6.07) is 2.08. The first-order chi connectivity index (χ1) is 8.69. The van der Waals surface area contributed by atoms with E-state index in [9.17, 15) is 0 Å². The lowest BCUT2D eigenvalue weighted by Crippen LogP contribution is -2.25. The van der Waals surface area contributed by atoms with E-state index in [1.54, 1.807) is 0 Å². The van der Waals surface area contributed by atoms with Crippen LogP contribution in [0.15, 0.2) is 6.07 Å². The highest BCUT2D eigenvalue weighted by atomic mass is 15.2. The first-order valence-corrected chi connectivity index (χ1v) is 7.03. The van der Waals surface area contributed by atoms with Crippen molar-refractivity contribution in [1.29, 1.82) is 0 Å². The minimum atomic E-state index is 0.839. The number of nitrogens with one attached hydrogen (secondary N) is 1. The molecule has 0 aliphatic carbocycles. The van der Waals surface area contributed by atoms with Gasteiger partial charge < -0.3 is 10.2 Å². The Hall–Kier alpha value is -1.32. The van der Waals surface area contributed by atoms with Gasteiger partial charge in [-0.2, -0.15) is 0 Å². The van der Waals surface area contributed by atoms with Crippen LogP contribution in [0.1, 0.15) is 38.9 Å². The fourth-order valence-electron chi connectivity index (χ4n) is 2.48. The second-order valence-corrected chi connectivity index (χ2v) is 5.21. The highest BCUT2D eigenvalue weighted by Gasteiger charge is 2.16. The van der Waals surface area contributed by atoms with Gasteiger partial charge in [-0.1, -0.05) is 6.92 Å². The Bertz CT molecular complexity index is 391. The van der Waals surface area contributed by atoms with Crippen molar-refractivity contribution < 1.29 is 0 Å². The number of aryl methyl sites for hydroxylation is 1. The van der Waals surface area contributed by atoms with Crippen molar-refractivity contribution in [2.75, 3.05) is 29.9 Å². The molecule has 4 nitrogen and oxygen atoms in total. The molecule has 2 rings (SSSR count). The third-order valence-corrected chi connectivity index (χ3v) is 3.52. The molecule has 1 aliphatic rings. The van der Waals surface area contributed by atoms with Crippen molar-refractivity contribution in [2.24, 2.45) is 5.92 Å². The van der Waals surface area contributed by atoms with Gasteiger partial charge in [0.25, 0.3) is 0 Å². The van der Waals surface area contributed by atoms with Gasteiger partial charge in [-0.15, -0.1) is 0 Å². The monoisotopic (exact) mass is 248 g/mol. The zero-order valence-electron chi connectivity index (χ0n) is 11.7. The molecule has 1 atom stereocenters. The highest BCUT2D eigenvalue weighted by Crippen LogP contribution is 2.22. The highest BCUT2D eigenvalue weighted by molar-refractivity contribution is 5.49. The molecule has 2 heterocycles. The smallest absolute Gasteiger partial charge is 0.134 e. The summed E-state index contributed by atoms with van der Waals surface area (Å²) in [5.41, 5.74) is 0. The molecule has 1 aromatic heterocycles.